The minimum atomic E-state index is -1.02. The van der Waals surface area contributed by atoms with Crippen molar-refractivity contribution in [1.29, 1.82) is 0 Å². The maximum Gasteiger partial charge on any atom is 0.0652 e. The molecule has 24 rings (SSSR count). The maximum atomic E-state index is 10.3. The Balaban J connectivity index is 0.000000173. The summed E-state index contributed by atoms with van der Waals surface area (Å²) in [7, 11) is 0. The molecular weight excluding hydrogens is 1260 g/mol. The first-order valence-electron chi connectivity index (χ1n) is 59.5. The Kier molecular flexibility index (Phi) is 5.24. The normalized spacial score (nSPS) is 19.9. The number of benzene rings is 16. The van der Waals surface area contributed by atoms with Crippen molar-refractivity contribution >= 4 is 163 Å². The molecule has 8 heterocycles. The van der Waals surface area contributed by atoms with Crippen molar-refractivity contribution in [3.8, 4) is 45.0 Å². The quantitative estimate of drug-likeness (QED) is 0.159. The zero-order valence-corrected chi connectivity index (χ0v) is 52.7. The molecule has 6 heteroatoms. The molecule has 24 aromatic rings. The maximum absolute atomic E-state index is 10.3. The Morgan fingerprint density at radius 1 is 0.183 bits per heavy atom. The molecule has 0 N–H and O–H groups in total. The Morgan fingerprint density at radius 2 is 0.490 bits per heavy atom. The summed E-state index contributed by atoms with van der Waals surface area (Å²) >= 11 is 0. The largest absolute Gasteiger partial charge is 0.309 e. The molecule has 484 valence electrons. The Hall–Kier alpha value is -13.7. The molecule has 16 aromatic carbocycles. The second kappa shape index (κ2) is 21.4. The van der Waals surface area contributed by atoms with Crippen molar-refractivity contribution in [2.75, 3.05) is 0 Å². The molecule has 0 spiro atoms. The lowest BCUT2D eigenvalue weighted by molar-refractivity contribution is 1.16. The molecule has 0 radical (unpaired) electrons. The number of hydrogen-bond donors (Lipinski definition) is 0. The van der Waals surface area contributed by atoms with E-state index in [4.69, 9.17) is 32.9 Å². The Labute approximate surface area is 675 Å². The van der Waals surface area contributed by atoms with E-state index in [1.165, 1.54) is 13.8 Å². The van der Waals surface area contributed by atoms with Crippen LogP contribution in [0.4, 0.5) is 0 Å². The lowest BCUT2D eigenvalue weighted by atomic mass is 10.0. The predicted molar refractivity (Wildman–Crippen MR) is 440 cm³/mol. The van der Waals surface area contributed by atoms with E-state index >= 15 is 0 Å². The van der Waals surface area contributed by atoms with Gasteiger partial charge in [-0.15, -0.1) is 0 Å². The predicted octanol–water partition coefficient (Wildman–Crippen LogP) is 26.0. The van der Waals surface area contributed by atoms with Gasteiger partial charge in [0.2, 0.25) is 0 Å². The zero-order chi connectivity index (χ0) is 117. The van der Waals surface area contributed by atoms with Gasteiger partial charge in [0, 0.05) is 98.2 Å². The third kappa shape index (κ3) is 7.88. The molecule has 0 amide bonds. The third-order valence-corrected chi connectivity index (χ3v) is 18.6. The van der Waals surface area contributed by atoms with E-state index in [0.717, 1.165) is 27.1 Å². The monoisotopic (exact) mass is 1380 g/mol. The number of fused-ring (bicyclic) bond motifs is 16. The molecule has 0 bridgehead atoms. The molecule has 0 aliphatic carbocycles. The van der Waals surface area contributed by atoms with Gasteiger partial charge in [0.15, 0.2) is 0 Å². The van der Waals surface area contributed by atoms with Crippen molar-refractivity contribution in [1.82, 2.24) is 27.1 Å². The molecular formula is C98H62N6. The van der Waals surface area contributed by atoms with Gasteiger partial charge < -0.3 is 27.1 Å². The van der Waals surface area contributed by atoms with Crippen LogP contribution in [0.2, 0.25) is 0 Å². The van der Waals surface area contributed by atoms with E-state index < -0.39 is 493 Å². The van der Waals surface area contributed by atoms with E-state index in [0.29, 0.717) is 0 Å². The molecule has 0 aliphatic rings. The smallest absolute Gasteiger partial charge is 0.0652 e. The highest BCUT2D eigenvalue weighted by molar-refractivity contribution is 6.33. The summed E-state index contributed by atoms with van der Waals surface area (Å²) in [6.45, 7) is 2.58. The van der Waals surface area contributed by atoms with Crippen LogP contribution in [0.1, 0.15) is 87.9 Å². The molecule has 0 fully saturated rings. The van der Waals surface area contributed by atoms with E-state index in [1.54, 1.807) is 0 Å². The van der Waals surface area contributed by atoms with Crippen molar-refractivity contribution in [3.63, 3.8) is 0 Å². The van der Waals surface area contributed by atoms with Crippen LogP contribution in [0.3, 0.4) is 0 Å². The van der Waals surface area contributed by atoms with E-state index in [1.807, 2.05) is 0 Å². The van der Waals surface area contributed by atoms with Crippen LogP contribution in [-0.2, 0) is 0 Å². The van der Waals surface area contributed by atoms with Gasteiger partial charge in [0.25, 0.3) is 0 Å². The molecule has 0 aliphatic heterocycles. The van der Waals surface area contributed by atoms with Gasteiger partial charge >= 0.3 is 0 Å². The van der Waals surface area contributed by atoms with Gasteiger partial charge in [-0.1, -0.05) is 217 Å². The van der Waals surface area contributed by atoms with Gasteiger partial charge in [-0.25, -0.2) is 0 Å². The molecule has 0 saturated heterocycles. The SMILES string of the molecule is [2H]c1c([2H])c([2H])c(-c2c([2H])c([2H])c(-n3c4c([2H])c([2H])c(C)c([2H])c4c4c([2H])c(-n5c6c([2H])c([2H])c([2H])c7c8c([2H])c([2H])c([2H])c9c%10c([2H])c([2H])c([2H])c([2H])c%10n(c%10c([2H])c([2H])c([2H])c5c%10c76)c89)c([2H])c([2H])c43)c([2H])c2[2H])c([2H])c1[2H].[2H]c1c([2H])c([2H])c(-c2c([2H])c([2H])c([2H])c(-n3c4c([2H])c([2H])c(C)c([2H])c4c4c([2H])c(-n5c6c([2H])c([2H])c([2H])c7c8c([2H])c([2H])c([2H])c9c%10c([2H])c([2H])c([2H])c([2H])c%10n(c%10c([2H])c([2H])c([2H])c5c%10c76)c89)c([2H])c([2H])c43)c2[2H])c([2H])c1[2H]. The van der Waals surface area contributed by atoms with Gasteiger partial charge in [-0.3, -0.25) is 0 Å². The summed E-state index contributed by atoms with van der Waals surface area (Å²) in [5, 5.41) is -6.45. The number of hydrogen-bond acceptors (Lipinski definition) is 0. The van der Waals surface area contributed by atoms with Gasteiger partial charge in [-0.2, -0.15) is 0 Å². The van der Waals surface area contributed by atoms with Crippen LogP contribution in [0.5, 0.6) is 0 Å². The van der Waals surface area contributed by atoms with Crippen LogP contribution in [-0.4, -0.2) is 27.1 Å². The number of para-hydroxylation sites is 4. The lowest BCUT2D eigenvalue weighted by Crippen LogP contribution is -1.96. The Morgan fingerprint density at radius 3 is 0.990 bits per heavy atom. The van der Waals surface area contributed by atoms with Gasteiger partial charge in [0.05, 0.1) is 154 Å². The summed E-state index contributed by atoms with van der Waals surface area (Å²) in [6, 6.07) is -46.9. The van der Waals surface area contributed by atoms with Crippen molar-refractivity contribution < 1.29 is 76.8 Å². The first-order chi connectivity index (χ1) is 74.8. The van der Waals surface area contributed by atoms with E-state index in [-0.39, 0.29) is 65.3 Å². The first-order valence-corrected chi connectivity index (χ1v) is 31.5. The molecule has 6 nitrogen and oxygen atoms in total. The highest BCUT2D eigenvalue weighted by Gasteiger charge is 2.26. The summed E-state index contributed by atoms with van der Waals surface area (Å²) < 4.78 is 520. The average Bonchev–Trinajstić information content (AvgIpc) is 1.49. The van der Waals surface area contributed by atoms with Gasteiger partial charge in [-0.05, 0) is 180 Å². The third-order valence-electron chi connectivity index (χ3n) is 18.6. The molecule has 8 aromatic heterocycles. The second-order valence-corrected chi connectivity index (χ2v) is 24.0. The van der Waals surface area contributed by atoms with Crippen molar-refractivity contribution in [2.24, 2.45) is 0 Å². The molecule has 0 unspecified atom stereocenters. The average molecular weight is 1380 g/mol. The fraction of sp³-hybridized carbons (Fsp3) is 0.0204. The fourth-order valence-electron chi connectivity index (χ4n) is 14.4. The van der Waals surface area contributed by atoms with E-state index in [2.05, 4.69) is 0 Å². The number of nitrogens with zero attached hydrogens (tertiary/aromatic N) is 6. The van der Waals surface area contributed by atoms with Crippen LogP contribution in [0, 0.1) is 13.8 Å². The fourth-order valence-corrected chi connectivity index (χ4v) is 14.4. The molecule has 104 heavy (non-hydrogen) atoms. The summed E-state index contributed by atoms with van der Waals surface area (Å²) in [5.74, 6) is 0. The van der Waals surface area contributed by atoms with Crippen molar-refractivity contribution in [2.45, 2.75) is 13.8 Å². The second-order valence-electron chi connectivity index (χ2n) is 24.0. The van der Waals surface area contributed by atoms with Gasteiger partial charge in [0.1, 0.15) is 0 Å². The highest BCUT2D eigenvalue weighted by Crippen LogP contribution is 2.48. The van der Waals surface area contributed by atoms with Crippen LogP contribution in [0.15, 0.2) is 338 Å². The van der Waals surface area contributed by atoms with Crippen LogP contribution in [0.25, 0.3) is 208 Å². The number of aromatic nitrogens is 6. The summed E-state index contributed by atoms with van der Waals surface area (Å²) in [5.41, 5.74) is -13.4. The Bertz CT molecular complexity index is 11300. The van der Waals surface area contributed by atoms with Crippen LogP contribution < -0.4 is 0 Å². The highest BCUT2D eigenvalue weighted by atomic mass is 15.0. The first kappa shape index (κ1) is 25.4. The van der Waals surface area contributed by atoms with Crippen LogP contribution >= 0.6 is 0 Å². The summed E-state index contributed by atoms with van der Waals surface area (Å²) in [4.78, 5) is 0. The topological polar surface area (TPSA) is 28.5 Å². The zero-order valence-electron chi connectivity index (χ0n) is 109. The summed E-state index contributed by atoms with van der Waals surface area (Å²) in [6.07, 6.45) is 0. The molecule has 0 atom stereocenters. The lowest BCUT2D eigenvalue weighted by Gasteiger charge is -2.12. The minimum Gasteiger partial charge on any atom is -0.309 e. The minimum absolute atomic E-state index is 0.170. The standard InChI is InChI=1S/2C49H31N3/c1-30-23-25-42-39(27-30)40-29-34(24-26-43(40)50(42)33-14-7-13-32(28-33)31-11-3-2-4-12-31)51-44-20-9-16-36-38-18-8-17-37-35-15-5-6-19-41(35)52(49(37)38)46-22-10-21-45(51)48(46)47(36)44;1-30-20-26-42-39(28-30)40-29-34(25-27-43(40)50(42)33-23-21-32(22-24-33)31-10-3-2-4-11-31)51-44-17-8-13-36-38-15-7-14-37-35-12-5-6-16-41(35)52(49(37)38)46-19-9-18-45(51)48(46)47(36)44/h2*2-29H,1H3/i2*2D,3D,4D,5D,6D,7D,8D,9D,10D,11D,12D,13D,14D,15D,16D,17D,18D,19D,20D,21D,22D,23D,24D,25D,26D,27D,28D,29D. The molecule has 0 saturated carbocycles. The number of rotatable bonds is 6. The van der Waals surface area contributed by atoms with E-state index in [9.17, 15) is 43.9 Å². The van der Waals surface area contributed by atoms with Crippen molar-refractivity contribution in [3.05, 3.63) is 350 Å².